The van der Waals surface area contributed by atoms with Gasteiger partial charge in [-0.15, -0.1) is 12.4 Å². The maximum Gasteiger partial charge on any atom is 0.335 e. The molecule has 2 aromatic heterocycles. The minimum Gasteiger partial charge on any atom is -0.489 e. The highest BCUT2D eigenvalue weighted by Gasteiger charge is 2.24. The molecule has 1 aliphatic rings. The molecule has 9 heteroatoms. The molecule has 1 N–H and O–H groups in total. The molecule has 1 fully saturated rings. The van der Waals surface area contributed by atoms with Crippen LogP contribution in [0.15, 0.2) is 79.1 Å². The van der Waals surface area contributed by atoms with E-state index in [1.165, 1.54) is 12.5 Å². The van der Waals surface area contributed by atoms with E-state index in [9.17, 15) is 9.90 Å². The lowest BCUT2D eigenvalue weighted by atomic mass is 9.94. The number of carboxylic acids is 1. The van der Waals surface area contributed by atoms with Gasteiger partial charge in [0.1, 0.15) is 24.0 Å². The van der Waals surface area contributed by atoms with Crippen molar-refractivity contribution >= 4 is 41.0 Å². The number of aromatic nitrogens is 3. The normalized spacial score (nSPS) is 13.6. The molecule has 210 valence electrons. The van der Waals surface area contributed by atoms with E-state index in [1.807, 2.05) is 30.3 Å². The summed E-state index contributed by atoms with van der Waals surface area (Å²) in [6, 6.07) is 19.3. The highest BCUT2D eigenvalue weighted by molar-refractivity contribution is 6.30. The lowest BCUT2D eigenvalue weighted by molar-refractivity contribution is 0.0697. The molecule has 0 bridgehead atoms. The van der Waals surface area contributed by atoms with Crippen molar-refractivity contribution in [3.05, 3.63) is 101 Å². The summed E-state index contributed by atoms with van der Waals surface area (Å²) >= 11 is 6.27. The largest absolute Gasteiger partial charge is 0.489 e. The van der Waals surface area contributed by atoms with E-state index in [0.29, 0.717) is 27.7 Å². The summed E-state index contributed by atoms with van der Waals surface area (Å²) in [5, 5.41) is 10.1. The van der Waals surface area contributed by atoms with Crippen LogP contribution in [0.1, 0.15) is 54.1 Å². The highest BCUT2D eigenvalue weighted by Crippen LogP contribution is 2.38. The van der Waals surface area contributed by atoms with Crippen LogP contribution in [0.4, 0.5) is 4.39 Å². The fourth-order valence-corrected chi connectivity index (χ4v) is 5.75. The molecule has 5 aromatic rings. The molecule has 1 aliphatic carbocycles. The molecule has 2 heterocycles. The van der Waals surface area contributed by atoms with E-state index in [2.05, 4.69) is 9.55 Å². The number of hydrogen-bond acceptors (Lipinski definition) is 4. The van der Waals surface area contributed by atoms with Gasteiger partial charge in [-0.2, -0.15) is 0 Å². The van der Waals surface area contributed by atoms with Gasteiger partial charge in [0.2, 0.25) is 0 Å². The average Bonchev–Trinajstić information content (AvgIpc) is 3.35. The zero-order valence-electron chi connectivity index (χ0n) is 22.1. The van der Waals surface area contributed by atoms with Gasteiger partial charge in [0, 0.05) is 29.5 Å². The van der Waals surface area contributed by atoms with Gasteiger partial charge >= 0.3 is 5.97 Å². The molecule has 6 rings (SSSR count). The first-order chi connectivity index (χ1) is 19.5. The second kappa shape index (κ2) is 12.3. The first-order valence-electron chi connectivity index (χ1n) is 13.3. The van der Waals surface area contributed by atoms with Crippen LogP contribution in [0.2, 0.25) is 5.02 Å². The Morgan fingerprint density at radius 2 is 1.73 bits per heavy atom. The Bertz CT molecular complexity index is 1700. The minimum atomic E-state index is -1.02. The fourth-order valence-electron chi connectivity index (χ4n) is 5.55. The van der Waals surface area contributed by atoms with Crippen LogP contribution in [0, 0.1) is 5.82 Å². The summed E-state index contributed by atoms with van der Waals surface area (Å²) in [6.07, 6.45) is 8.77. The number of ether oxygens (including phenoxy) is 1. The second-order valence-corrected chi connectivity index (χ2v) is 10.5. The van der Waals surface area contributed by atoms with E-state index in [1.54, 1.807) is 42.7 Å². The van der Waals surface area contributed by atoms with E-state index < -0.39 is 11.8 Å². The van der Waals surface area contributed by atoms with Crippen molar-refractivity contribution in [2.24, 2.45) is 0 Å². The zero-order valence-corrected chi connectivity index (χ0v) is 23.7. The maximum absolute atomic E-state index is 15.7. The van der Waals surface area contributed by atoms with Crippen molar-refractivity contribution in [3.8, 4) is 28.3 Å². The number of halogens is 3. The van der Waals surface area contributed by atoms with Crippen molar-refractivity contribution in [3.63, 3.8) is 0 Å². The third-order valence-corrected chi connectivity index (χ3v) is 7.75. The van der Waals surface area contributed by atoms with Gasteiger partial charge in [0.15, 0.2) is 0 Å². The summed E-state index contributed by atoms with van der Waals surface area (Å²) in [5.74, 6) is -0.586. The number of rotatable bonds is 7. The molecular weight excluding hydrogens is 564 g/mol. The van der Waals surface area contributed by atoms with Crippen LogP contribution < -0.4 is 4.74 Å². The molecule has 0 saturated heterocycles. The number of carboxylic acid groups (broad SMARTS) is 1. The Hall–Kier alpha value is -3.94. The van der Waals surface area contributed by atoms with Crippen molar-refractivity contribution in [1.29, 1.82) is 0 Å². The number of fused-ring (bicyclic) bond motifs is 1. The van der Waals surface area contributed by atoms with Crippen LogP contribution in [-0.4, -0.2) is 25.6 Å². The fraction of sp³-hybridized carbons (Fsp3) is 0.219. The number of nitrogens with zero attached hydrogens (tertiary/aromatic N) is 3. The predicted octanol–water partition coefficient (Wildman–Crippen LogP) is 8.76. The molecule has 0 unspecified atom stereocenters. The van der Waals surface area contributed by atoms with Gasteiger partial charge in [-0.25, -0.2) is 14.2 Å². The number of aromatic carboxylic acids is 1. The Morgan fingerprint density at radius 3 is 2.46 bits per heavy atom. The summed E-state index contributed by atoms with van der Waals surface area (Å²) in [6.45, 7) is 0.204. The van der Waals surface area contributed by atoms with Crippen molar-refractivity contribution < 1.29 is 19.0 Å². The Morgan fingerprint density at radius 1 is 0.976 bits per heavy atom. The average molecular weight is 592 g/mol. The Labute approximate surface area is 248 Å². The van der Waals surface area contributed by atoms with Gasteiger partial charge < -0.3 is 14.4 Å². The Kier molecular flexibility index (Phi) is 8.57. The van der Waals surface area contributed by atoms with E-state index in [-0.39, 0.29) is 30.6 Å². The van der Waals surface area contributed by atoms with Crippen LogP contribution in [-0.2, 0) is 6.61 Å². The monoisotopic (exact) mass is 591 g/mol. The standard InChI is InChI=1S/C32H27ClFN3O3.ClH/c33-23-7-9-26(20-12-14-35-15-13-20)22(16-23)19-40-25-8-10-27(28(34)18-25)31-36-29-17-21(32(38)39)6-11-30(29)37(31)24-4-2-1-3-5-24;/h6-18,24H,1-5,19H2,(H,38,39);1H. The summed E-state index contributed by atoms with van der Waals surface area (Å²) in [7, 11) is 0. The van der Waals surface area contributed by atoms with Crippen LogP contribution in [0.3, 0.4) is 0 Å². The summed E-state index contributed by atoms with van der Waals surface area (Å²) in [4.78, 5) is 20.4. The van der Waals surface area contributed by atoms with Crippen molar-refractivity contribution in [2.75, 3.05) is 0 Å². The molecule has 6 nitrogen and oxygen atoms in total. The number of carbonyl (C=O) groups is 1. The topological polar surface area (TPSA) is 77.2 Å². The van der Waals surface area contributed by atoms with Crippen molar-refractivity contribution in [1.82, 2.24) is 14.5 Å². The maximum atomic E-state index is 15.7. The predicted molar refractivity (Wildman–Crippen MR) is 160 cm³/mol. The van der Waals surface area contributed by atoms with E-state index in [0.717, 1.165) is 47.9 Å². The lowest BCUT2D eigenvalue weighted by Gasteiger charge is -2.25. The molecule has 0 aliphatic heterocycles. The third kappa shape index (κ3) is 5.92. The van der Waals surface area contributed by atoms with Gasteiger partial charge in [-0.3, -0.25) is 4.98 Å². The molecule has 3 aromatic carbocycles. The quantitative estimate of drug-likeness (QED) is 0.205. The number of benzene rings is 3. The smallest absolute Gasteiger partial charge is 0.335 e. The highest BCUT2D eigenvalue weighted by atomic mass is 35.5. The van der Waals surface area contributed by atoms with Gasteiger partial charge in [0.05, 0.1) is 22.2 Å². The summed E-state index contributed by atoms with van der Waals surface area (Å²) < 4.78 is 23.8. The number of imidazole rings is 1. The van der Waals surface area contributed by atoms with Gasteiger partial charge in [-0.1, -0.05) is 36.9 Å². The van der Waals surface area contributed by atoms with Crippen molar-refractivity contribution in [2.45, 2.75) is 44.8 Å². The summed E-state index contributed by atoms with van der Waals surface area (Å²) in [5.41, 5.74) is 4.69. The zero-order chi connectivity index (χ0) is 27.6. The molecule has 41 heavy (non-hydrogen) atoms. The Balaban J connectivity index is 0.00000337. The molecular formula is C32H28Cl2FN3O3. The second-order valence-electron chi connectivity index (χ2n) is 10.1. The first-order valence-corrected chi connectivity index (χ1v) is 13.7. The molecule has 0 spiro atoms. The number of hydrogen-bond donors (Lipinski definition) is 1. The SMILES string of the molecule is Cl.O=C(O)c1ccc2c(c1)nc(-c1ccc(OCc3cc(Cl)ccc3-c3ccncc3)cc1F)n2C1CCCCC1. The van der Waals surface area contributed by atoms with E-state index in [4.69, 9.17) is 21.3 Å². The molecule has 0 amide bonds. The molecule has 0 atom stereocenters. The molecule has 1 saturated carbocycles. The lowest BCUT2D eigenvalue weighted by Crippen LogP contribution is -2.14. The van der Waals surface area contributed by atoms with Gasteiger partial charge in [-0.05, 0) is 84.1 Å². The van der Waals surface area contributed by atoms with Crippen LogP contribution in [0.25, 0.3) is 33.5 Å². The number of pyridine rings is 1. The van der Waals surface area contributed by atoms with Crippen LogP contribution in [0.5, 0.6) is 5.75 Å². The van der Waals surface area contributed by atoms with Crippen LogP contribution >= 0.6 is 24.0 Å². The van der Waals surface area contributed by atoms with Gasteiger partial charge in [0.25, 0.3) is 0 Å². The third-order valence-electron chi connectivity index (χ3n) is 7.51. The minimum absolute atomic E-state index is 0. The molecule has 0 radical (unpaired) electrons. The van der Waals surface area contributed by atoms with E-state index >= 15 is 4.39 Å². The first kappa shape index (κ1) is 28.6.